The lowest BCUT2D eigenvalue weighted by molar-refractivity contribution is -0.140. The van der Waals surface area contributed by atoms with E-state index in [2.05, 4.69) is 5.32 Å². The lowest BCUT2D eigenvalue weighted by atomic mass is 9.83. The van der Waals surface area contributed by atoms with E-state index < -0.39 is 29.9 Å². The number of benzene rings is 1. The Morgan fingerprint density at radius 2 is 1.70 bits per heavy atom. The highest BCUT2D eigenvalue weighted by Crippen LogP contribution is 2.29. The first-order valence-corrected chi connectivity index (χ1v) is 13.6. The zero-order chi connectivity index (χ0) is 29.1. The molecule has 2 aromatic rings. The molecule has 1 saturated heterocycles. The molecule has 4 amide bonds. The Morgan fingerprint density at radius 3 is 2.30 bits per heavy atom. The Morgan fingerprint density at radius 1 is 1.07 bits per heavy atom. The second kappa shape index (κ2) is 12.1. The molecule has 1 saturated carbocycles. The highest BCUT2D eigenvalue weighted by molar-refractivity contribution is 6.10. The zero-order valence-corrected chi connectivity index (χ0v) is 23.1. The summed E-state index contributed by atoms with van der Waals surface area (Å²) in [6.45, 7) is 2.40. The van der Waals surface area contributed by atoms with Gasteiger partial charge in [0.1, 0.15) is 23.6 Å². The van der Waals surface area contributed by atoms with Crippen LogP contribution in [0.25, 0.3) is 10.9 Å². The summed E-state index contributed by atoms with van der Waals surface area (Å²) in [5, 5.41) is 12.5. The van der Waals surface area contributed by atoms with Crippen molar-refractivity contribution >= 4 is 41.0 Å². The number of aromatic nitrogens is 1. The first kappa shape index (κ1) is 29.0. The standard InChI is InChI=1S/C28H36FN5O6/c1-17(31(2)28(39)40)25(36)30-23(18-7-5-4-6-8-18)26(37)33-11-13-34(14-12-33)27(38)24-21(16-35)20-15-19(29)9-10-22(20)32(24)3/h9-10,15-18,23H,4-8,11-14H2,1-3H3,(H,30,36)(H,39,40)/t17-,23-/m0/s1. The van der Waals surface area contributed by atoms with Gasteiger partial charge in [-0.05, 0) is 43.9 Å². The number of carboxylic acid groups (broad SMARTS) is 1. The molecule has 4 rings (SSSR count). The summed E-state index contributed by atoms with van der Waals surface area (Å²) in [7, 11) is 2.96. The molecule has 0 unspecified atom stereocenters. The van der Waals surface area contributed by atoms with E-state index in [1.54, 1.807) is 21.4 Å². The molecule has 1 aromatic heterocycles. The van der Waals surface area contributed by atoms with Crippen molar-refractivity contribution in [2.75, 3.05) is 33.2 Å². The van der Waals surface area contributed by atoms with Gasteiger partial charge in [-0.3, -0.25) is 24.1 Å². The molecule has 2 N–H and O–H groups in total. The van der Waals surface area contributed by atoms with E-state index in [1.807, 2.05) is 0 Å². The van der Waals surface area contributed by atoms with Crippen LogP contribution in [0.1, 0.15) is 59.9 Å². The van der Waals surface area contributed by atoms with Crippen LogP contribution in [0.3, 0.4) is 0 Å². The summed E-state index contributed by atoms with van der Waals surface area (Å²) in [4.78, 5) is 67.4. The smallest absolute Gasteiger partial charge is 0.407 e. The summed E-state index contributed by atoms with van der Waals surface area (Å²) in [5.74, 6) is -1.71. The number of aryl methyl sites for hydroxylation is 1. The van der Waals surface area contributed by atoms with Gasteiger partial charge in [-0.2, -0.15) is 0 Å². The molecule has 2 fully saturated rings. The maximum atomic E-state index is 13.9. The topological polar surface area (TPSA) is 132 Å². The third kappa shape index (κ3) is 5.66. The molecule has 2 aliphatic rings. The van der Waals surface area contributed by atoms with Crippen molar-refractivity contribution in [2.45, 2.75) is 51.1 Å². The Labute approximate surface area is 231 Å². The van der Waals surface area contributed by atoms with Crippen LogP contribution in [-0.2, 0) is 16.6 Å². The number of carbonyl (C=O) groups is 5. The number of carbonyl (C=O) groups excluding carboxylic acids is 4. The average Bonchev–Trinajstić information content (AvgIpc) is 3.24. The fourth-order valence-electron chi connectivity index (χ4n) is 5.76. The summed E-state index contributed by atoms with van der Waals surface area (Å²) in [5.41, 5.74) is 0.856. The maximum absolute atomic E-state index is 13.9. The predicted molar refractivity (Wildman–Crippen MR) is 145 cm³/mol. The van der Waals surface area contributed by atoms with Crippen molar-refractivity contribution in [1.29, 1.82) is 0 Å². The first-order valence-electron chi connectivity index (χ1n) is 13.6. The molecule has 0 bridgehead atoms. The first-order chi connectivity index (χ1) is 19.0. The van der Waals surface area contributed by atoms with Crippen molar-refractivity contribution in [3.05, 3.63) is 35.3 Å². The van der Waals surface area contributed by atoms with E-state index in [4.69, 9.17) is 0 Å². The summed E-state index contributed by atoms with van der Waals surface area (Å²) in [6, 6.07) is 2.29. The van der Waals surface area contributed by atoms with Gasteiger partial charge in [-0.15, -0.1) is 0 Å². The second-order valence-corrected chi connectivity index (χ2v) is 10.7. The highest BCUT2D eigenvalue weighted by Gasteiger charge is 2.37. The number of aldehydes is 1. The van der Waals surface area contributed by atoms with Gasteiger partial charge in [0.15, 0.2) is 6.29 Å². The SMILES string of the molecule is C[C@@H](C(=O)N[C@H](C(=O)N1CCN(C(=O)c2c(C=O)c3cc(F)ccc3n2C)CC1)C1CCCCC1)N(C)C(=O)O. The van der Waals surface area contributed by atoms with Crippen LogP contribution < -0.4 is 5.32 Å². The van der Waals surface area contributed by atoms with Crippen LogP contribution in [0.15, 0.2) is 18.2 Å². The number of rotatable bonds is 7. The minimum absolute atomic E-state index is 0.0569. The summed E-state index contributed by atoms with van der Waals surface area (Å²) < 4.78 is 15.4. The molecule has 2 atom stereocenters. The molecule has 1 aliphatic carbocycles. The lowest BCUT2D eigenvalue weighted by Crippen LogP contribution is -2.59. The molecular weight excluding hydrogens is 521 g/mol. The van der Waals surface area contributed by atoms with Crippen molar-refractivity contribution in [2.24, 2.45) is 13.0 Å². The predicted octanol–water partition coefficient (Wildman–Crippen LogP) is 2.48. The molecule has 1 aliphatic heterocycles. The molecule has 1 aromatic carbocycles. The van der Waals surface area contributed by atoms with E-state index in [9.17, 15) is 33.5 Å². The van der Waals surface area contributed by atoms with Gasteiger partial charge in [-0.1, -0.05) is 19.3 Å². The average molecular weight is 558 g/mol. The van der Waals surface area contributed by atoms with Crippen LogP contribution in [0.2, 0.25) is 0 Å². The van der Waals surface area contributed by atoms with E-state index in [0.29, 0.717) is 17.2 Å². The summed E-state index contributed by atoms with van der Waals surface area (Å²) >= 11 is 0. The highest BCUT2D eigenvalue weighted by atomic mass is 19.1. The molecule has 0 radical (unpaired) electrons. The number of hydrogen-bond donors (Lipinski definition) is 2. The lowest BCUT2D eigenvalue weighted by Gasteiger charge is -2.39. The van der Waals surface area contributed by atoms with Crippen LogP contribution in [0, 0.1) is 11.7 Å². The Balaban J connectivity index is 1.48. The number of amides is 4. The second-order valence-electron chi connectivity index (χ2n) is 10.7. The molecule has 12 heteroatoms. The van der Waals surface area contributed by atoms with Gasteiger partial charge in [0.2, 0.25) is 11.8 Å². The van der Waals surface area contributed by atoms with Crippen LogP contribution in [0.5, 0.6) is 0 Å². The zero-order valence-electron chi connectivity index (χ0n) is 23.1. The van der Waals surface area contributed by atoms with E-state index in [0.717, 1.165) is 37.0 Å². The Bertz CT molecular complexity index is 1310. The number of likely N-dealkylation sites (N-methyl/N-ethyl adjacent to an activating group) is 1. The third-order valence-corrected chi connectivity index (χ3v) is 8.35. The van der Waals surface area contributed by atoms with Gasteiger partial charge in [-0.25, -0.2) is 9.18 Å². The number of piperazine rings is 1. The van der Waals surface area contributed by atoms with Crippen LogP contribution in [-0.4, -0.2) is 99.8 Å². The van der Waals surface area contributed by atoms with Gasteiger partial charge in [0, 0.05) is 51.2 Å². The minimum Gasteiger partial charge on any atom is -0.465 e. The number of nitrogens with one attached hydrogen (secondary N) is 1. The Hall–Kier alpha value is -3.96. The third-order valence-electron chi connectivity index (χ3n) is 8.35. The van der Waals surface area contributed by atoms with Crippen molar-refractivity contribution < 1.29 is 33.5 Å². The number of nitrogens with zero attached hydrogens (tertiary/aromatic N) is 4. The van der Waals surface area contributed by atoms with Crippen molar-refractivity contribution in [3.63, 3.8) is 0 Å². The van der Waals surface area contributed by atoms with E-state index >= 15 is 0 Å². The molecule has 2 heterocycles. The number of fused-ring (bicyclic) bond motifs is 1. The fourth-order valence-corrected chi connectivity index (χ4v) is 5.76. The minimum atomic E-state index is -1.24. The number of hydrogen-bond acceptors (Lipinski definition) is 5. The van der Waals surface area contributed by atoms with Gasteiger partial charge in [0.05, 0.1) is 5.56 Å². The monoisotopic (exact) mass is 557 g/mol. The summed E-state index contributed by atoms with van der Waals surface area (Å²) in [6.07, 6.45) is 3.86. The molecule has 40 heavy (non-hydrogen) atoms. The number of halogens is 1. The van der Waals surface area contributed by atoms with Gasteiger partial charge < -0.3 is 24.8 Å². The quantitative estimate of drug-likeness (QED) is 0.503. The fraction of sp³-hybridized carbons (Fsp3) is 0.536. The van der Waals surface area contributed by atoms with E-state index in [1.165, 1.54) is 32.2 Å². The van der Waals surface area contributed by atoms with Gasteiger partial charge >= 0.3 is 6.09 Å². The Kier molecular flexibility index (Phi) is 8.75. The molecule has 216 valence electrons. The van der Waals surface area contributed by atoms with Crippen molar-refractivity contribution in [1.82, 2.24) is 24.6 Å². The van der Waals surface area contributed by atoms with Gasteiger partial charge in [0.25, 0.3) is 5.91 Å². The van der Waals surface area contributed by atoms with E-state index in [-0.39, 0.29) is 55.2 Å². The normalized spacial score (nSPS) is 17.8. The molecule has 11 nitrogen and oxygen atoms in total. The van der Waals surface area contributed by atoms with Crippen LogP contribution in [0.4, 0.5) is 9.18 Å². The van der Waals surface area contributed by atoms with Crippen LogP contribution >= 0.6 is 0 Å². The molecular formula is C28H36FN5O6. The van der Waals surface area contributed by atoms with Crippen molar-refractivity contribution in [3.8, 4) is 0 Å². The maximum Gasteiger partial charge on any atom is 0.407 e. The molecule has 0 spiro atoms. The largest absolute Gasteiger partial charge is 0.465 e.